The molecule has 152 valence electrons. The Balaban J connectivity index is 1.94. The number of nitrogens with one attached hydrogen (secondary N) is 2. The predicted molar refractivity (Wildman–Crippen MR) is 122 cm³/mol. The van der Waals surface area contributed by atoms with Gasteiger partial charge in [-0.25, -0.2) is 0 Å². The Labute approximate surface area is 176 Å². The highest BCUT2D eigenvalue weighted by atomic mass is 32.1. The Hall–Kier alpha value is -3.00. The molecule has 3 rings (SSSR count). The average molecular weight is 411 g/mol. The van der Waals surface area contributed by atoms with Crippen molar-refractivity contribution in [1.29, 1.82) is 0 Å². The first-order chi connectivity index (χ1) is 13.8. The van der Waals surface area contributed by atoms with Crippen molar-refractivity contribution in [3.05, 3.63) is 41.5 Å². The molecule has 0 spiro atoms. The Bertz CT molecular complexity index is 1070. The van der Waals surface area contributed by atoms with Gasteiger partial charge in [-0.1, -0.05) is 0 Å². The van der Waals surface area contributed by atoms with Gasteiger partial charge in [-0.2, -0.15) is 4.80 Å². The Morgan fingerprint density at radius 2 is 1.72 bits per heavy atom. The lowest BCUT2D eigenvalue weighted by Gasteiger charge is -2.22. The molecule has 29 heavy (non-hydrogen) atoms. The van der Waals surface area contributed by atoms with Gasteiger partial charge in [-0.15, -0.1) is 10.2 Å². The standard InChI is InChI=1S/C21H26N6OS/c1-6-26(7-2)16-8-9-20(14(4)10-16)27-24-18-11-13(3)17(12-19(18)25-27)23-21(29)22-15(5)28/h8-12H,6-7H2,1-5H3,(H2,22,23,28,29). The van der Waals surface area contributed by atoms with E-state index in [0.717, 1.165) is 46.6 Å². The zero-order chi connectivity index (χ0) is 21.1. The molecule has 1 heterocycles. The van der Waals surface area contributed by atoms with Gasteiger partial charge in [0.1, 0.15) is 11.0 Å². The van der Waals surface area contributed by atoms with Crippen molar-refractivity contribution >= 4 is 45.6 Å². The highest BCUT2D eigenvalue weighted by molar-refractivity contribution is 7.80. The van der Waals surface area contributed by atoms with E-state index in [9.17, 15) is 4.79 Å². The predicted octanol–water partition coefficient (Wildman–Crippen LogP) is 3.72. The van der Waals surface area contributed by atoms with Crippen molar-refractivity contribution in [2.24, 2.45) is 0 Å². The van der Waals surface area contributed by atoms with Gasteiger partial charge in [-0.3, -0.25) is 4.79 Å². The number of hydrogen-bond donors (Lipinski definition) is 2. The maximum absolute atomic E-state index is 11.2. The fourth-order valence-electron chi connectivity index (χ4n) is 3.27. The summed E-state index contributed by atoms with van der Waals surface area (Å²) in [5, 5.41) is 15.2. The second kappa shape index (κ2) is 8.57. The fourth-order valence-corrected chi connectivity index (χ4v) is 3.53. The molecular formula is C21H26N6OS. The number of carbonyl (C=O) groups excluding carboxylic acids is 1. The fraction of sp³-hybridized carbons (Fsp3) is 0.333. The average Bonchev–Trinajstić information content (AvgIpc) is 3.04. The second-order valence-corrected chi connectivity index (χ2v) is 7.33. The first kappa shape index (κ1) is 20.7. The van der Waals surface area contributed by atoms with Gasteiger partial charge in [0.05, 0.1) is 5.69 Å². The number of nitrogens with zero attached hydrogens (tertiary/aromatic N) is 4. The van der Waals surface area contributed by atoms with E-state index in [1.54, 1.807) is 4.80 Å². The highest BCUT2D eigenvalue weighted by Gasteiger charge is 2.12. The van der Waals surface area contributed by atoms with Crippen LogP contribution in [0.5, 0.6) is 0 Å². The van der Waals surface area contributed by atoms with Crippen LogP contribution in [0, 0.1) is 13.8 Å². The Kier molecular flexibility index (Phi) is 6.12. The van der Waals surface area contributed by atoms with E-state index in [0.29, 0.717) is 0 Å². The van der Waals surface area contributed by atoms with Crippen molar-refractivity contribution in [3.63, 3.8) is 0 Å². The molecule has 0 saturated heterocycles. The monoisotopic (exact) mass is 410 g/mol. The van der Waals surface area contributed by atoms with Gasteiger partial charge in [0, 0.05) is 31.4 Å². The van der Waals surface area contributed by atoms with Crippen LogP contribution in [0.4, 0.5) is 11.4 Å². The van der Waals surface area contributed by atoms with Crippen LogP contribution in [-0.4, -0.2) is 39.1 Å². The lowest BCUT2D eigenvalue weighted by Crippen LogP contribution is -2.32. The largest absolute Gasteiger partial charge is 0.372 e. The van der Waals surface area contributed by atoms with Gasteiger partial charge in [0.25, 0.3) is 0 Å². The number of amides is 1. The third-order valence-electron chi connectivity index (χ3n) is 4.79. The van der Waals surface area contributed by atoms with Crippen molar-refractivity contribution in [2.75, 3.05) is 23.3 Å². The molecule has 7 nitrogen and oxygen atoms in total. The molecule has 0 bridgehead atoms. The molecule has 0 radical (unpaired) electrons. The summed E-state index contributed by atoms with van der Waals surface area (Å²) in [7, 11) is 0. The Morgan fingerprint density at radius 1 is 1.07 bits per heavy atom. The number of thiocarbonyl (C=S) groups is 1. The lowest BCUT2D eigenvalue weighted by atomic mass is 10.1. The molecule has 0 aliphatic carbocycles. The van der Waals surface area contributed by atoms with Gasteiger partial charge in [-0.05, 0) is 81.4 Å². The number of fused-ring (bicyclic) bond motifs is 1. The number of hydrogen-bond acceptors (Lipinski definition) is 5. The van der Waals surface area contributed by atoms with E-state index < -0.39 is 0 Å². The number of aryl methyl sites for hydroxylation is 2. The first-order valence-corrected chi connectivity index (χ1v) is 10.1. The first-order valence-electron chi connectivity index (χ1n) is 9.64. The maximum atomic E-state index is 11.2. The minimum Gasteiger partial charge on any atom is -0.372 e. The van der Waals surface area contributed by atoms with Crippen LogP contribution >= 0.6 is 12.2 Å². The van der Waals surface area contributed by atoms with Gasteiger partial charge < -0.3 is 15.5 Å². The van der Waals surface area contributed by atoms with Crippen LogP contribution in [0.25, 0.3) is 16.7 Å². The topological polar surface area (TPSA) is 75.1 Å². The molecule has 0 atom stereocenters. The normalized spacial score (nSPS) is 10.8. The summed E-state index contributed by atoms with van der Waals surface area (Å²) >= 11 is 5.16. The summed E-state index contributed by atoms with van der Waals surface area (Å²) in [5.74, 6) is -0.212. The van der Waals surface area contributed by atoms with Crippen molar-refractivity contribution < 1.29 is 4.79 Å². The summed E-state index contributed by atoms with van der Waals surface area (Å²) in [6, 6.07) is 10.2. The van der Waals surface area contributed by atoms with Crippen LogP contribution in [0.15, 0.2) is 30.3 Å². The molecule has 3 aromatic rings. The molecule has 1 aromatic heterocycles. The van der Waals surface area contributed by atoms with Gasteiger partial charge in [0.15, 0.2) is 5.11 Å². The molecule has 0 unspecified atom stereocenters. The minimum absolute atomic E-state index is 0.212. The van der Waals surface area contributed by atoms with E-state index in [1.807, 2.05) is 19.1 Å². The molecule has 0 aliphatic heterocycles. The van der Waals surface area contributed by atoms with E-state index in [-0.39, 0.29) is 11.0 Å². The molecule has 0 saturated carbocycles. The number of aromatic nitrogens is 3. The number of rotatable bonds is 5. The summed E-state index contributed by atoms with van der Waals surface area (Å²) in [4.78, 5) is 15.1. The minimum atomic E-state index is -0.212. The zero-order valence-electron chi connectivity index (χ0n) is 17.4. The van der Waals surface area contributed by atoms with E-state index in [1.165, 1.54) is 12.6 Å². The molecule has 2 aromatic carbocycles. The van der Waals surface area contributed by atoms with Crippen molar-refractivity contribution in [2.45, 2.75) is 34.6 Å². The second-order valence-electron chi connectivity index (χ2n) is 6.92. The molecular weight excluding hydrogens is 384 g/mol. The van der Waals surface area contributed by atoms with Crippen LogP contribution in [0.2, 0.25) is 0 Å². The van der Waals surface area contributed by atoms with Crippen LogP contribution in [0.3, 0.4) is 0 Å². The third-order valence-corrected chi connectivity index (χ3v) is 4.99. The van der Waals surface area contributed by atoms with Gasteiger partial charge in [0.2, 0.25) is 5.91 Å². The molecule has 2 N–H and O–H groups in total. The van der Waals surface area contributed by atoms with Crippen molar-refractivity contribution in [3.8, 4) is 5.69 Å². The van der Waals surface area contributed by atoms with Gasteiger partial charge >= 0.3 is 0 Å². The highest BCUT2D eigenvalue weighted by Crippen LogP contribution is 2.25. The van der Waals surface area contributed by atoms with Crippen LogP contribution in [0.1, 0.15) is 31.9 Å². The summed E-state index contributed by atoms with van der Waals surface area (Å²) in [5.41, 5.74) is 6.54. The Morgan fingerprint density at radius 3 is 2.31 bits per heavy atom. The molecule has 1 amide bonds. The number of anilines is 2. The molecule has 8 heteroatoms. The number of benzene rings is 2. The summed E-state index contributed by atoms with van der Waals surface area (Å²) in [6.45, 7) is 11.7. The number of carbonyl (C=O) groups is 1. The summed E-state index contributed by atoms with van der Waals surface area (Å²) < 4.78 is 0. The zero-order valence-corrected chi connectivity index (χ0v) is 18.2. The third kappa shape index (κ3) is 4.54. The van der Waals surface area contributed by atoms with Crippen molar-refractivity contribution in [1.82, 2.24) is 20.3 Å². The van der Waals surface area contributed by atoms with Crippen LogP contribution < -0.4 is 15.5 Å². The lowest BCUT2D eigenvalue weighted by molar-refractivity contribution is -0.117. The molecule has 0 fully saturated rings. The smallest absolute Gasteiger partial charge is 0.222 e. The summed E-state index contributed by atoms with van der Waals surface area (Å²) in [6.07, 6.45) is 0. The van der Waals surface area contributed by atoms with E-state index in [2.05, 4.69) is 64.7 Å². The maximum Gasteiger partial charge on any atom is 0.222 e. The van der Waals surface area contributed by atoms with Crippen LogP contribution in [-0.2, 0) is 4.79 Å². The SMILES string of the molecule is CCN(CC)c1ccc(-n2nc3cc(C)c(NC(=S)NC(C)=O)cc3n2)c(C)c1. The van der Waals surface area contributed by atoms with E-state index in [4.69, 9.17) is 12.2 Å². The van der Waals surface area contributed by atoms with E-state index >= 15 is 0 Å². The molecule has 0 aliphatic rings. The quantitative estimate of drug-likeness (QED) is 0.625.